The van der Waals surface area contributed by atoms with Crippen molar-refractivity contribution in [1.29, 1.82) is 5.41 Å². The molecule has 1 spiro atoms. The average Bonchev–Trinajstić information content (AvgIpc) is 3.92. The van der Waals surface area contributed by atoms with Crippen LogP contribution in [0.25, 0.3) is 0 Å². The summed E-state index contributed by atoms with van der Waals surface area (Å²) in [4.78, 5) is 79.6. The summed E-state index contributed by atoms with van der Waals surface area (Å²) < 4.78 is 49.8. The van der Waals surface area contributed by atoms with Crippen LogP contribution in [-0.4, -0.2) is 167 Å². The Hall–Kier alpha value is -6.82. The summed E-state index contributed by atoms with van der Waals surface area (Å²) >= 11 is 0. The fraction of sp³-hybridized carbons (Fsp3) is 0.520. The van der Waals surface area contributed by atoms with Crippen molar-refractivity contribution in [2.45, 2.75) is 77.0 Å². The van der Waals surface area contributed by atoms with Crippen molar-refractivity contribution >= 4 is 63.8 Å². The van der Waals surface area contributed by atoms with Gasteiger partial charge in [0.2, 0.25) is 11.7 Å². The normalized spacial score (nSPS) is 20.0. The molecule has 4 aromatic rings. The molecular formula is C50H61F2N13O8. The van der Waals surface area contributed by atoms with E-state index < -0.39 is 52.3 Å². The number of piperazine rings is 1. The lowest BCUT2D eigenvalue weighted by atomic mass is 9.82. The van der Waals surface area contributed by atoms with E-state index in [0.29, 0.717) is 114 Å². The molecule has 5 aliphatic rings. The van der Waals surface area contributed by atoms with Gasteiger partial charge in [-0.05, 0) is 68.8 Å². The topological polar surface area (TPSA) is 242 Å². The minimum atomic E-state index is -1.17. The molecule has 1 saturated carbocycles. The zero-order valence-electron chi connectivity index (χ0n) is 41.1. The van der Waals surface area contributed by atoms with Gasteiger partial charge in [-0.25, -0.2) is 23.4 Å². The summed E-state index contributed by atoms with van der Waals surface area (Å²) in [6.07, 6.45) is 6.30. The smallest absolute Gasteiger partial charge is 0.264 e. The molecule has 3 saturated heterocycles. The molecule has 3 amide bonds. The molecule has 4 N–H and O–H groups in total. The molecule has 2 aromatic carbocycles. The molecular weight excluding hydrogens is 949 g/mol. The van der Waals surface area contributed by atoms with Crippen LogP contribution in [-0.2, 0) is 41.7 Å². The maximum Gasteiger partial charge on any atom is 0.264 e. The first-order valence-electron chi connectivity index (χ1n) is 24.8. The first kappa shape index (κ1) is 51.1. The summed E-state index contributed by atoms with van der Waals surface area (Å²) in [7, 11) is 0. The molecule has 2 aromatic heterocycles. The number of carbonyl (C=O) groups excluding carboxylic acids is 5. The molecule has 4 fully saturated rings. The zero-order valence-corrected chi connectivity index (χ0v) is 41.1. The monoisotopic (exact) mass is 1010 g/mol. The fourth-order valence-electron chi connectivity index (χ4n) is 10.0. The number of piperidine rings is 2. The van der Waals surface area contributed by atoms with Gasteiger partial charge in [-0.15, -0.1) is 5.10 Å². The van der Waals surface area contributed by atoms with Crippen LogP contribution in [0.2, 0.25) is 0 Å². The number of hydrogen-bond acceptors (Lipinski definition) is 18. The number of Topliss-reactive ketones (excluding diaryl/α,β-unsaturated/α-hetero) is 2. The molecule has 73 heavy (non-hydrogen) atoms. The lowest BCUT2D eigenvalue weighted by Gasteiger charge is -2.48. The molecule has 1 aliphatic carbocycles. The summed E-state index contributed by atoms with van der Waals surface area (Å²) in [6, 6.07) is 8.01. The van der Waals surface area contributed by atoms with Gasteiger partial charge in [-0.3, -0.25) is 39.2 Å². The van der Waals surface area contributed by atoms with Gasteiger partial charge in [-0.1, -0.05) is 25.1 Å². The Balaban J connectivity index is 0.648. The molecule has 388 valence electrons. The van der Waals surface area contributed by atoms with E-state index in [-0.39, 0.29) is 54.1 Å². The number of ketones is 2. The molecule has 6 heterocycles. The van der Waals surface area contributed by atoms with Gasteiger partial charge in [0.1, 0.15) is 41.4 Å². The summed E-state index contributed by atoms with van der Waals surface area (Å²) in [5.41, 5.74) is 0.124. The van der Waals surface area contributed by atoms with Crippen molar-refractivity contribution in [3.63, 3.8) is 0 Å². The second-order valence-corrected chi connectivity index (χ2v) is 19.9. The number of fused-ring (bicyclic) bond motifs is 1. The van der Waals surface area contributed by atoms with Crippen molar-refractivity contribution in [3.05, 3.63) is 77.2 Å². The van der Waals surface area contributed by atoms with Crippen LogP contribution in [0.5, 0.6) is 0 Å². The number of benzene rings is 2. The maximum atomic E-state index is 15.7. The quantitative estimate of drug-likeness (QED) is 0.0728. The second-order valence-electron chi connectivity index (χ2n) is 19.9. The van der Waals surface area contributed by atoms with Gasteiger partial charge in [0.15, 0.2) is 11.6 Å². The van der Waals surface area contributed by atoms with E-state index in [1.807, 2.05) is 6.07 Å². The first-order chi connectivity index (χ1) is 35.2. The Morgan fingerprint density at radius 1 is 0.836 bits per heavy atom. The lowest BCUT2D eigenvalue weighted by molar-refractivity contribution is -0.124. The number of halogens is 2. The Labute approximate surface area is 420 Å². The van der Waals surface area contributed by atoms with Gasteiger partial charge >= 0.3 is 0 Å². The van der Waals surface area contributed by atoms with E-state index in [1.165, 1.54) is 24.5 Å². The van der Waals surface area contributed by atoms with E-state index in [2.05, 4.69) is 59.9 Å². The van der Waals surface area contributed by atoms with E-state index >= 15 is 8.78 Å². The standard InChI is InChI=1S/C50H61F2N13O8/c1-49(2)8-13-61(14-9-49)27-32-24-35(52)38(25-34(32)51)63-29-43(67)58-50(30-63)10-15-62(16-11-50)42-26-40(55-31-56-42)57-41-28-64(60-59-41)17-19-72-21-23-73-22-20-71-18-12-54-36-5-3-4-33-44(36)48(70)65(47(33)69)37-6-7-39(66)45(53)46(37)68/h3-5,24-26,28,31,37,53-54H,6-23,27,29-30H2,1-2H3,(H,58,67)(H,55,56,57). The summed E-state index contributed by atoms with van der Waals surface area (Å²) in [6.45, 7) is 10.7. The third-order valence-electron chi connectivity index (χ3n) is 14.3. The minimum absolute atomic E-state index is 0.00213. The average molecular weight is 1010 g/mol. The number of nitrogens with one attached hydrogen (secondary N) is 4. The third kappa shape index (κ3) is 11.8. The van der Waals surface area contributed by atoms with Crippen molar-refractivity contribution in [2.24, 2.45) is 5.41 Å². The molecule has 9 rings (SSSR count). The highest BCUT2D eigenvalue weighted by Crippen LogP contribution is 2.36. The predicted molar refractivity (Wildman–Crippen MR) is 263 cm³/mol. The number of likely N-dealkylation sites (tertiary alicyclic amines) is 1. The number of anilines is 5. The van der Waals surface area contributed by atoms with Gasteiger partial charge in [0, 0.05) is 62.5 Å². The SMILES string of the molecule is CC1(C)CCN(Cc2cc(F)c(N3CC(=O)NC4(CCN(c5cc(Nc6cn(CCOCCOCCOCCNc7cccc8c7C(=O)N(C7CCC(=O)C(=N)C7=O)C8=O)nn6)ncn5)CC4)C3)cc2F)CC1. The van der Waals surface area contributed by atoms with Crippen LogP contribution in [0, 0.1) is 22.5 Å². The molecule has 23 heteroatoms. The van der Waals surface area contributed by atoms with Crippen LogP contribution < -0.4 is 25.8 Å². The third-order valence-corrected chi connectivity index (χ3v) is 14.3. The van der Waals surface area contributed by atoms with Crippen LogP contribution in [0.4, 0.5) is 37.6 Å². The predicted octanol–water partition coefficient (Wildman–Crippen LogP) is 3.77. The number of hydrogen-bond donors (Lipinski definition) is 4. The highest BCUT2D eigenvalue weighted by molar-refractivity contribution is 6.67. The first-order valence-corrected chi connectivity index (χ1v) is 24.8. The zero-order chi connectivity index (χ0) is 51.3. The van der Waals surface area contributed by atoms with Crippen molar-refractivity contribution in [1.82, 2.24) is 40.1 Å². The van der Waals surface area contributed by atoms with Gasteiger partial charge in [-0.2, -0.15) is 0 Å². The summed E-state index contributed by atoms with van der Waals surface area (Å²) in [5, 5.41) is 25.6. The van der Waals surface area contributed by atoms with Crippen molar-refractivity contribution in [3.8, 4) is 0 Å². The minimum Gasteiger partial charge on any atom is -0.382 e. The van der Waals surface area contributed by atoms with Gasteiger partial charge in [0.25, 0.3) is 11.8 Å². The van der Waals surface area contributed by atoms with Gasteiger partial charge < -0.3 is 40.0 Å². The number of nitrogens with zero attached hydrogens (tertiary/aromatic N) is 9. The van der Waals surface area contributed by atoms with Crippen LogP contribution in [0.15, 0.2) is 48.9 Å². The van der Waals surface area contributed by atoms with E-state index in [9.17, 15) is 24.0 Å². The van der Waals surface area contributed by atoms with Gasteiger partial charge in [0.05, 0.1) is 81.3 Å². The summed E-state index contributed by atoms with van der Waals surface area (Å²) in [5.74, 6) is -2.19. The van der Waals surface area contributed by atoms with Crippen LogP contribution in [0.1, 0.15) is 78.7 Å². The Morgan fingerprint density at radius 3 is 2.34 bits per heavy atom. The number of aromatic nitrogens is 5. The second kappa shape index (κ2) is 22.1. The van der Waals surface area contributed by atoms with E-state index in [4.69, 9.17) is 19.6 Å². The Bertz CT molecular complexity index is 2740. The maximum absolute atomic E-state index is 15.7. The number of amides is 3. The van der Waals surface area contributed by atoms with Crippen LogP contribution >= 0.6 is 0 Å². The number of imide groups is 1. The molecule has 1 unspecified atom stereocenters. The highest BCUT2D eigenvalue weighted by Gasteiger charge is 2.47. The Morgan fingerprint density at radius 2 is 1.58 bits per heavy atom. The van der Waals surface area contributed by atoms with E-state index in [1.54, 1.807) is 27.9 Å². The van der Waals surface area contributed by atoms with Crippen molar-refractivity contribution < 1.29 is 47.0 Å². The number of ether oxygens (including phenoxy) is 3. The highest BCUT2D eigenvalue weighted by atomic mass is 19.1. The number of rotatable bonds is 20. The molecule has 0 bridgehead atoms. The fourth-order valence-corrected chi connectivity index (χ4v) is 10.0. The molecule has 1 atom stereocenters. The number of carbonyl (C=O) groups is 5. The molecule has 4 aliphatic heterocycles. The Kier molecular flexibility index (Phi) is 15.5. The lowest BCUT2D eigenvalue weighted by Crippen LogP contribution is -2.66. The van der Waals surface area contributed by atoms with Crippen LogP contribution in [0.3, 0.4) is 0 Å². The largest absolute Gasteiger partial charge is 0.382 e. The van der Waals surface area contributed by atoms with E-state index in [0.717, 1.165) is 30.8 Å². The molecule has 21 nitrogen and oxygen atoms in total. The molecule has 0 radical (unpaired) electrons. The van der Waals surface area contributed by atoms with Crippen molar-refractivity contribution in [2.75, 3.05) is 106 Å².